The number of amides is 1. The number of carbonyl (C=O) groups excluding carboxylic acids is 1. The van der Waals surface area contributed by atoms with Gasteiger partial charge in [0.05, 0.1) is 5.75 Å². The zero-order chi connectivity index (χ0) is 18.7. The van der Waals surface area contributed by atoms with Crippen LogP contribution < -0.4 is 5.32 Å². The van der Waals surface area contributed by atoms with E-state index >= 15 is 0 Å². The minimum Gasteiger partial charge on any atom is -0.337 e. The first-order valence-corrected chi connectivity index (χ1v) is 10.9. The molecule has 1 aromatic heterocycles. The number of aromatic nitrogens is 2. The lowest BCUT2D eigenvalue weighted by atomic mass is 9.98. The van der Waals surface area contributed by atoms with Crippen molar-refractivity contribution in [3.05, 3.63) is 29.3 Å². The van der Waals surface area contributed by atoms with Gasteiger partial charge in [-0.05, 0) is 58.1 Å². The molecule has 0 unspecified atom stereocenters. The zero-order valence-electron chi connectivity index (χ0n) is 15.8. The molecule has 140 valence electrons. The van der Waals surface area contributed by atoms with Crippen LogP contribution in [-0.4, -0.2) is 38.8 Å². The molecule has 26 heavy (non-hydrogen) atoms. The summed E-state index contributed by atoms with van der Waals surface area (Å²) < 4.78 is 0.824. The van der Waals surface area contributed by atoms with Crippen molar-refractivity contribution in [1.82, 2.24) is 15.1 Å². The van der Waals surface area contributed by atoms with Gasteiger partial charge in [-0.3, -0.25) is 4.79 Å². The molecule has 1 aromatic carbocycles. The molecule has 2 atom stereocenters. The van der Waals surface area contributed by atoms with Crippen molar-refractivity contribution in [2.75, 3.05) is 11.1 Å². The summed E-state index contributed by atoms with van der Waals surface area (Å²) >= 11 is 2.97. The van der Waals surface area contributed by atoms with Gasteiger partial charge in [0, 0.05) is 17.8 Å². The second-order valence-corrected chi connectivity index (χ2v) is 9.18. The Hall–Kier alpha value is -1.60. The zero-order valence-corrected chi connectivity index (χ0v) is 17.4. The highest BCUT2D eigenvalue weighted by molar-refractivity contribution is 8.01. The minimum absolute atomic E-state index is 0.203. The van der Waals surface area contributed by atoms with E-state index in [0.29, 0.717) is 17.8 Å². The summed E-state index contributed by atoms with van der Waals surface area (Å²) in [6, 6.07) is 6.87. The third-order valence-corrected chi connectivity index (χ3v) is 6.88. The largest absolute Gasteiger partial charge is 0.337 e. The summed E-state index contributed by atoms with van der Waals surface area (Å²) in [7, 11) is 0. The molecular weight excluding hydrogens is 364 g/mol. The standard InChI is InChI=1S/C19H26N4OS2/c1-12-7-5-8-13(2)17(12)20-18-21-22-19(26-18)25-11-16(24)23-14(3)9-6-10-15(23)4/h5,7-8,14-15H,6,9-11H2,1-4H3,(H,20,21)/t14-,15-/m1/s1. The van der Waals surface area contributed by atoms with Gasteiger partial charge >= 0.3 is 0 Å². The monoisotopic (exact) mass is 390 g/mol. The maximum Gasteiger partial charge on any atom is 0.233 e. The number of hydrogen-bond acceptors (Lipinski definition) is 6. The number of thioether (sulfide) groups is 1. The summed E-state index contributed by atoms with van der Waals surface area (Å²) in [6.07, 6.45) is 3.41. The van der Waals surface area contributed by atoms with Gasteiger partial charge < -0.3 is 10.2 Å². The molecule has 1 fully saturated rings. The van der Waals surface area contributed by atoms with E-state index in [2.05, 4.69) is 55.3 Å². The van der Waals surface area contributed by atoms with Gasteiger partial charge in [0.25, 0.3) is 0 Å². The highest BCUT2D eigenvalue weighted by atomic mass is 32.2. The SMILES string of the molecule is Cc1cccc(C)c1Nc1nnc(SCC(=O)N2[C@H](C)CCC[C@H]2C)s1. The molecule has 1 aliphatic heterocycles. The van der Waals surface area contributed by atoms with Gasteiger partial charge in [-0.15, -0.1) is 10.2 Å². The van der Waals surface area contributed by atoms with E-state index in [4.69, 9.17) is 0 Å². The fraction of sp³-hybridized carbons (Fsp3) is 0.526. The number of rotatable bonds is 5. The first kappa shape index (κ1) is 19.2. The minimum atomic E-state index is 0.203. The van der Waals surface area contributed by atoms with Crippen LogP contribution in [0.1, 0.15) is 44.2 Å². The topological polar surface area (TPSA) is 58.1 Å². The summed E-state index contributed by atoms with van der Waals surface area (Å²) in [6.45, 7) is 8.45. The first-order valence-electron chi connectivity index (χ1n) is 9.06. The third-order valence-electron chi connectivity index (χ3n) is 4.92. The summed E-state index contributed by atoms with van der Waals surface area (Å²) in [4.78, 5) is 14.7. The Kier molecular flexibility index (Phi) is 6.19. The Labute approximate surface area is 163 Å². The van der Waals surface area contributed by atoms with Gasteiger partial charge in [-0.1, -0.05) is 41.3 Å². The Morgan fingerprint density at radius 2 is 1.88 bits per heavy atom. The second-order valence-electron chi connectivity index (χ2n) is 6.98. The molecule has 5 nitrogen and oxygen atoms in total. The molecule has 0 spiro atoms. The fourth-order valence-electron chi connectivity index (χ4n) is 3.55. The van der Waals surface area contributed by atoms with Gasteiger partial charge in [-0.25, -0.2) is 0 Å². The smallest absolute Gasteiger partial charge is 0.233 e. The molecular formula is C19H26N4OS2. The van der Waals surface area contributed by atoms with Crippen LogP contribution in [-0.2, 0) is 4.79 Å². The van der Waals surface area contributed by atoms with E-state index in [-0.39, 0.29) is 5.91 Å². The fourth-order valence-corrected chi connectivity index (χ4v) is 5.17. The highest BCUT2D eigenvalue weighted by Crippen LogP contribution is 2.31. The Balaban J connectivity index is 1.59. The van der Waals surface area contributed by atoms with Crippen LogP contribution in [0.5, 0.6) is 0 Å². The van der Waals surface area contributed by atoms with E-state index in [9.17, 15) is 4.79 Å². The average Bonchev–Trinajstić information content (AvgIpc) is 3.04. The number of nitrogens with zero attached hydrogens (tertiary/aromatic N) is 3. The molecule has 2 heterocycles. The van der Waals surface area contributed by atoms with Gasteiger partial charge in [0.2, 0.25) is 11.0 Å². The van der Waals surface area contributed by atoms with Crippen LogP contribution in [0.25, 0.3) is 0 Å². The maximum absolute atomic E-state index is 12.6. The molecule has 7 heteroatoms. The van der Waals surface area contributed by atoms with Crippen molar-refractivity contribution in [3.63, 3.8) is 0 Å². The van der Waals surface area contributed by atoms with Crippen molar-refractivity contribution < 1.29 is 4.79 Å². The predicted octanol–water partition coefficient (Wildman–Crippen LogP) is 4.78. The van der Waals surface area contributed by atoms with Crippen LogP contribution in [0, 0.1) is 13.8 Å². The molecule has 0 radical (unpaired) electrons. The molecule has 0 saturated carbocycles. The van der Waals surface area contributed by atoms with E-state index in [0.717, 1.165) is 28.0 Å². The van der Waals surface area contributed by atoms with Crippen LogP contribution in [0.2, 0.25) is 0 Å². The molecule has 1 amide bonds. The normalized spacial score (nSPS) is 20.2. The van der Waals surface area contributed by atoms with Crippen molar-refractivity contribution in [1.29, 1.82) is 0 Å². The van der Waals surface area contributed by atoms with Crippen LogP contribution in [0.3, 0.4) is 0 Å². The average molecular weight is 391 g/mol. The third kappa shape index (κ3) is 4.38. The molecule has 3 rings (SSSR count). The number of benzene rings is 1. The highest BCUT2D eigenvalue weighted by Gasteiger charge is 2.28. The van der Waals surface area contributed by atoms with Crippen LogP contribution in [0.4, 0.5) is 10.8 Å². The number of hydrogen-bond donors (Lipinski definition) is 1. The van der Waals surface area contributed by atoms with Crippen LogP contribution in [0.15, 0.2) is 22.5 Å². The van der Waals surface area contributed by atoms with E-state index in [1.807, 2.05) is 11.0 Å². The molecule has 0 bridgehead atoms. The van der Waals surface area contributed by atoms with E-state index in [1.54, 1.807) is 0 Å². The number of aryl methyl sites for hydroxylation is 2. The van der Waals surface area contributed by atoms with Gasteiger partial charge in [0.1, 0.15) is 0 Å². The predicted molar refractivity (Wildman–Crippen MR) is 109 cm³/mol. The lowest BCUT2D eigenvalue weighted by molar-refractivity contribution is -0.134. The van der Waals surface area contributed by atoms with Crippen molar-refractivity contribution in [2.24, 2.45) is 0 Å². The Morgan fingerprint density at radius 1 is 1.23 bits per heavy atom. The lowest BCUT2D eigenvalue weighted by Gasteiger charge is -2.39. The van der Waals surface area contributed by atoms with Crippen LogP contribution >= 0.6 is 23.1 Å². The first-order chi connectivity index (χ1) is 12.5. The Morgan fingerprint density at radius 3 is 2.54 bits per heavy atom. The second kappa shape index (κ2) is 8.39. The molecule has 2 aromatic rings. The number of likely N-dealkylation sites (tertiary alicyclic amines) is 1. The summed E-state index contributed by atoms with van der Waals surface area (Å²) in [5.74, 6) is 0.626. The summed E-state index contributed by atoms with van der Waals surface area (Å²) in [5, 5.41) is 12.6. The van der Waals surface area contributed by atoms with Crippen molar-refractivity contribution in [3.8, 4) is 0 Å². The molecule has 1 N–H and O–H groups in total. The van der Waals surface area contributed by atoms with E-state index in [1.165, 1.54) is 40.6 Å². The number of nitrogens with one attached hydrogen (secondary N) is 1. The molecule has 1 saturated heterocycles. The Bertz CT molecular complexity index is 746. The number of carbonyl (C=O) groups is 1. The quantitative estimate of drug-likeness (QED) is 0.745. The number of para-hydroxylation sites is 1. The summed E-state index contributed by atoms with van der Waals surface area (Å²) in [5.41, 5.74) is 3.43. The van der Waals surface area contributed by atoms with Gasteiger partial charge in [-0.2, -0.15) is 0 Å². The number of anilines is 2. The molecule has 0 aliphatic carbocycles. The molecule has 1 aliphatic rings. The van der Waals surface area contributed by atoms with Gasteiger partial charge in [0.15, 0.2) is 4.34 Å². The lowest BCUT2D eigenvalue weighted by Crippen LogP contribution is -2.48. The van der Waals surface area contributed by atoms with Crippen molar-refractivity contribution in [2.45, 2.75) is 63.4 Å². The van der Waals surface area contributed by atoms with Crippen molar-refractivity contribution >= 4 is 39.8 Å². The maximum atomic E-state index is 12.6. The van der Waals surface area contributed by atoms with E-state index < -0.39 is 0 Å². The number of piperidine rings is 1.